The van der Waals surface area contributed by atoms with Gasteiger partial charge in [0.1, 0.15) is 5.58 Å². The van der Waals surface area contributed by atoms with Crippen LogP contribution in [0.2, 0.25) is 0 Å². The molecule has 2 aliphatic rings. The molecule has 6 nitrogen and oxygen atoms in total. The fraction of sp³-hybridized carbons (Fsp3) is 0.364. The highest BCUT2D eigenvalue weighted by Crippen LogP contribution is 2.37. The molecule has 0 radical (unpaired) electrons. The Labute approximate surface area is 162 Å². The minimum Gasteiger partial charge on any atom is -0.464 e. The van der Waals surface area contributed by atoms with Gasteiger partial charge in [0.2, 0.25) is 11.8 Å². The van der Waals surface area contributed by atoms with Gasteiger partial charge in [0.25, 0.3) is 0 Å². The number of carbonyl (C=O) groups is 2. The van der Waals surface area contributed by atoms with Gasteiger partial charge in [0, 0.05) is 37.0 Å². The molecule has 2 aliphatic heterocycles. The second-order valence-corrected chi connectivity index (χ2v) is 7.53. The normalized spacial score (nSPS) is 21.4. The SMILES string of the molecule is O=C1CCC(c2coc3ccc4c(CN5CCOCC5)cccc4c23)C(=O)N1. The van der Waals surface area contributed by atoms with E-state index in [4.69, 9.17) is 9.15 Å². The Balaban J connectivity index is 1.59. The molecule has 1 N–H and O–H groups in total. The van der Waals surface area contributed by atoms with Crippen molar-refractivity contribution in [2.24, 2.45) is 0 Å². The number of furan rings is 1. The third kappa shape index (κ3) is 2.99. The Morgan fingerprint density at radius 2 is 1.93 bits per heavy atom. The van der Waals surface area contributed by atoms with Crippen LogP contribution in [-0.4, -0.2) is 43.0 Å². The second-order valence-electron chi connectivity index (χ2n) is 7.53. The average molecular weight is 378 g/mol. The third-order valence-corrected chi connectivity index (χ3v) is 5.83. The highest BCUT2D eigenvalue weighted by atomic mass is 16.5. The van der Waals surface area contributed by atoms with Crippen LogP contribution in [0.15, 0.2) is 41.0 Å². The summed E-state index contributed by atoms with van der Waals surface area (Å²) in [5.74, 6) is -0.792. The molecule has 1 atom stereocenters. The van der Waals surface area contributed by atoms with Gasteiger partial charge in [-0.25, -0.2) is 0 Å². The van der Waals surface area contributed by atoms with Crippen molar-refractivity contribution in [2.75, 3.05) is 26.3 Å². The minimum atomic E-state index is -0.354. The van der Waals surface area contributed by atoms with Gasteiger partial charge < -0.3 is 9.15 Å². The molecule has 2 aromatic carbocycles. The number of ether oxygens (including phenoxy) is 1. The zero-order valence-corrected chi connectivity index (χ0v) is 15.6. The molecular formula is C22H22N2O4. The van der Waals surface area contributed by atoms with Crippen molar-refractivity contribution in [1.82, 2.24) is 10.2 Å². The predicted molar refractivity (Wildman–Crippen MR) is 105 cm³/mol. The van der Waals surface area contributed by atoms with Gasteiger partial charge in [-0.15, -0.1) is 0 Å². The van der Waals surface area contributed by atoms with Gasteiger partial charge in [-0.05, 0) is 28.8 Å². The van der Waals surface area contributed by atoms with Crippen LogP contribution in [-0.2, 0) is 20.9 Å². The van der Waals surface area contributed by atoms with Gasteiger partial charge in [0.05, 0.1) is 25.4 Å². The number of fused-ring (bicyclic) bond motifs is 3. The van der Waals surface area contributed by atoms with Gasteiger partial charge in [-0.3, -0.25) is 19.8 Å². The monoisotopic (exact) mass is 378 g/mol. The zero-order chi connectivity index (χ0) is 19.1. The third-order valence-electron chi connectivity index (χ3n) is 5.83. The van der Waals surface area contributed by atoms with Crippen LogP contribution in [0.25, 0.3) is 21.7 Å². The number of rotatable bonds is 3. The Morgan fingerprint density at radius 3 is 2.75 bits per heavy atom. The molecule has 1 aromatic heterocycles. The van der Waals surface area contributed by atoms with Gasteiger partial charge in [0.15, 0.2) is 0 Å². The summed E-state index contributed by atoms with van der Waals surface area (Å²) in [6.45, 7) is 4.29. The lowest BCUT2D eigenvalue weighted by atomic mass is 9.88. The van der Waals surface area contributed by atoms with E-state index >= 15 is 0 Å². The highest BCUT2D eigenvalue weighted by molar-refractivity contribution is 6.11. The lowest BCUT2D eigenvalue weighted by Crippen LogP contribution is -2.39. The van der Waals surface area contributed by atoms with E-state index in [-0.39, 0.29) is 17.7 Å². The van der Waals surface area contributed by atoms with Gasteiger partial charge in [-0.2, -0.15) is 0 Å². The molecule has 2 amide bonds. The number of nitrogens with zero attached hydrogens (tertiary/aromatic N) is 1. The van der Waals surface area contributed by atoms with Gasteiger partial charge >= 0.3 is 0 Å². The topological polar surface area (TPSA) is 71.8 Å². The summed E-state index contributed by atoms with van der Waals surface area (Å²) in [6, 6.07) is 10.4. The Kier molecular flexibility index (Phi) is 4.37. The Morgan fingerprint density at radius 1 is 1.07 bits per heavy atom. The predicted octanol–water partition coefficient (Wildman–Crippen LogP) is 2.94. The number of nitrogens with one attached hydrogen (secondary N) is 1. The molecule has 144 valence electrons. The summed E-state index contributed by atoms with van der Waals surface area (Å²) < 4.78 is 11.2. The van der Waals surface area contributed by atoms with E-state index < -0.39 is 0 Å². The first-order valence-electron chi connectivity index (χ1n) is 9.76. The smallest absolute Gasteiger partial charge is 0.234 e. The summed E-state index contributed by atoms with van der Waals surface area (Å²) in [7, 11) is 0. The first kappa shape index (κ1) is 17.4. The largest absolute Gasteiger partial charge is 0.464 e. The van der Waals surface area contributed by atoms with E-state index in [1.807, 2.05) is 6.07 Å². The van der Waals surface area contributed by atoms with Crippen molar-refractivity contribution in [3.8, 4) is 0 Å². The molecule has 0 saturated carbocycles. The van der Waals surface area contributed by atoms with E-state index in [0.717, 1.165) is 54.8 Å². The Hall–Kier alpha value is -2.70. The lowest BCUT2D eigenvalue weighted by Gasteiger charge is -2.27. The average Bonchev–Trinajstić information content (AvgIpc) is 3.13. The molecule has 28 heavy (non-hydrogen) atoms. The molecule has 6 heteroatoms. The number of carbonyl (C=O) groups excluding carboxylic acids is 2. The molecule has 1 unspecified atom stereocenters. The number of imide groups is 1. The van der Waals surface area contributed by atoms with Crippen LogP contribution >= 0.6 is 0 Å². The molecule has 5 rings (SSSR count). The van der Waals surface area contributed by atoms with Crippen LogP contribution < -0.4 is 5.32 Å². The van der Waals surface area contributed by atoms with E-state index in [0.29, 0.717) is 12.8 Å². The highest BCUT2D eigenvalue weighted by Gasteiger charge is 2.31. The van der Waals surface area contributed by atoms with E-state index in [1.54, 1.807) is 6.26 Å². The van der Waals surface area contributed by atoms with Crippen molar-refractivity contribution in [3.63, 3.8) is 0 Å². The molecule has 2 saturated heterocycles. The number of hydrogen-bond acceptors (Lipinski definition) is 5. The number of amides is 2. The zero-order valence-electron chi connectivity index (χ0n) is 15.6. The second kappa shape index (κ2) is 7.04. The molecule has 3 aromatic rings. The number of piperidine rings is 1. The first-order chi connectivity index (χ1) is 13.7. The quantitative estimate of drug-likeness (QED) is 0.710. The lowest BCUT2D eigenvalue weighted by molar-refractivity contribution is -0.134. The van der Waals surface area contributed by atoms with Crippen molar-refractivity contribution in [3.05, 3.63) is 47.7 Å². The Bertz CT molecular complexity index is 1070. The molecule has 0 spiro atoms. The fourth-order valence-corrected chi connectivity index (χ4v) is 4.37. The van der Waals surface area contributed by atoms with E-state index in [2.05, 4.69) is 34.5 Å². The van der Waals surface area contributed by atoms with Crippen molar-refractivity contribution < 1.29 is 18.7 Å². The summed E-state index contributed by atoms with van der Waals surface area (Å²) in [6.07, 6.45) is 2.55. The molecular weight excluding hydrogens is 356 g/mol. The van der Waals surface area contributed by atoms with Crippen LogP contribution in [0, 0.1) is 0 Å². The molecule has 3 heterocycles. The summed E-state index contributed by atoms with van der Waals surface area (Å²) in [5.41, 5.74) is 2.90. The van der Waals surface area contributed by atoms with Crippen LogP contribution in [0.5, 0.6) is 0 Å². The molecule has 0 aliphatic carbocycles. The minimum absolute atomic E-state index is 0.202. The van der Waals surface area contributed by atoms with Crippen molar-refractivity contribution in [1.29, 1.82) is 0 Å². The summed E-state index contributed by atoms with van der Waals surface area (Å²) in [4.78, 5) is 26.4. The molecule has 2 fully saturated rings. The molecule has 0 bridgehead atoms. The van der Waals surface area contributed by atoms with Crippen LogP contribution in [0.3, 0.4) is 0 Å². The fourth-order valence-electron chi connectivity index (χ4n) is 4.37. The number of hydrogen-bond donors (Lipinski definition) is 1. The number of morpholine rings is 1. The van der Waals surface area contributed by atoms with Crippen molar-refractivity contribution >= 4 is 33.6 Å². The van der Waals surface area contributed by atoms with Gasteiger partial charge in [-0.1, -0.05) is 24.3 Å². The van der Waals surface area contributed by atoms with Crippen LogP contribution in [0.1, 0.15) is 29.9 Å². The van der Waals surface area contributed by atoms with E-state index in [1.165, 1.54) is 10.9 Å². The maximum atomic E-state index is 12.4. The summed E-state index contributed by atoms with van der Waals surface area (Å²) >= 11 is 0. The maximum Gasteiger partial charge on any atom is 0.234 e. The standard InChI is InChI=1S/C22H22N2O4/c25-20-7-5-17(22(26)23-20)18-13-28-19-6-4-15-14(2-1-3-16(15)21(18)19)12-24-8-10-27-11-9-24/h1-4,6,13,17H,5,7-12H2,(H,23,25,26). The number of benzene rings is 2. The first-order valence-corrected chi connectivity index (χ1v) is 9.76. The summed E-state index contributed by atoms with van der Waals surface area (Å²) in [5, 5.41) is 5.71. The van der Waals surface area contributed by atoms with E-state index in [9.17, 15) is 9.59 Å². The maximum absolute atomic E-state index is 12.4. The van der Waals surface area contributed by atoms with Crippen LogP contribution in [0.4, 0.5) is 0 Å². The van der Waals surface area contributed by atoms with Crippen molar-refractivity contribution in [2.45, 2.75) is 25.3 Å².